The second kappa shape index (κ2) is 24.7. The minimum Gasteiger partial charge on any atom is -0.330 e. The molecule has 0 aromatic heterocycles. The normalized spacial score (nSPS) is 12.0. The van der Waals surface area contributed by atoms with Crippen molar-refractivity contribution in [1.29, 1.82) is 0 Å². The van der Waals surface area contributed by atoms with E-state index in [1.165, 1.54) is 135 Å². The van der Waals surface area contributed by atoms with Crippen LogP contribution in [0.15, 0.2) is 0 Å². The summed E-state index contributed by atoms with van der Waals surface area (Å²) < 4.78 is 10.8. The van der Waals surface area contributed by atoms with Crippen molar-refractivity contribution >= 4 is 7.60 Å². The summed E-state index contributed by atoms with van der Waals surface area (Å²) in [6.45, 7) is 0.857. The lowest BCUT2D eigenvalue weighted by Crippen LogP contribution is -1.97. The molecule has 0 aliphatic carbocycles. The monoisotopic (exact) mass is 461 g/mol. The number of hydrogen-bond donors (Lipinski definition) is 3. The maximum absolute atomic E-state index is 10.8. The number of nitrogens with two attached hydrogens (primary N) is 1. The summed E-state index contributed by atoms with van der Waals surface area (Å²) >= 11 is 0. The van der Waals surface area contributed by atoms with Crippen molar-refractivity contribution in [2.24, 2.45) is 5.73 Å². The molecule has 0 heterocycles. The van der Waals surface area contributed by atoms with Crippen LogP contribution in [0.3, 0.4) is 0 Å². The van der Waals surface area contributed by atoms with Crippen LogP contribution in [-0.2, 0) is 4.57 Å². The Labute approximate surface area is 194 Å². The lowest BCUT2D eigenvalue weighted by atomic mass is 10.0. The van der Waals surface area contributed by atoms with Gasteiger partial charge in [0.05, 0.1) is 0 Å². The quantitative estimate of drug-likeness (QED) is 0.0890. The van der Waals surface area contributed by atoms with Gasteiger partial charge in [-0.3, -0.25) is 4.57 Å². The van der Waals surface area contributed by atoms with Gasteiger partial charge >= 0.3 is 7.60 Å². The third-order valence-electron chi connectivity index (χ3n) is 6.40. The van der Waals surface area contributed by atoms with Gasteiger partial charge in [0, 0.05) is 6.16 Å². The highest BCUT2D eigenvalue weighted by Gasteiger charge is 2.10. The Balaban J connectivity index is 3.03. The molecule has 0 aromatic rings. The van der Waals surface area contributed by atoms with Crippen LogP contribution in [0, 0.1) is 0 Å². The summed E-state index contributed by atoms with van der Waals surface area (Å²) in [5, 5.41) is 0. The van der Waals surface area contributed by atoms with Crippen molar-refractivity contribution in [2.75, 3.05) is 12.7 Å². The zero-order chi connectivity index (χ0) is 22.9. The van der Waals surface area contributed by atoms with Crippen molar-refractivity contribution < 1.29 is 14.4 Å². The molecule has 0 radical (unpaired) electrons. The summed E-state index contributed by atoms with van der Waals surface area (Å²) in [5.41, 5.74) is 5.52. The predicted molar refractivity (Wildman–Crippen MR) is 137 cm³/mol. The van der Waals surface area contributed by atoms with Crippen molar-refractivity contribution in [1.82, 2.24) is 0 Å². The summed E-state index contributed by atoms with van der Waals surface area (Å²) in [7, 11) is -3.77. The largest absolute Gasteiger partial charge is 0.330 e. The maximum Gasteiger partial charge on any atom is 0.325 e. The molecule has 0 saturated heterocycles. The topological polar surface area (TPSA) is 83.6 Å². The third-order valence-corrected chi connectivity index (χ3v) is 7.30. The van der Waals surface area contributed by atoms with Gasteiger partial charge in [-0.1, -0.05) is 141 Å². The molecular weight excluding hydrogens is 405 g/mol. The van der Waals surface area contributed by atoms with E-state index in [0.717, 1.165) is 19.4 Å². The highest BCUT2D eigenvalue weighted by atomic mass is 31.2. The molecule has 0 unspecified atom stereocenters. The van der Waals surface area contributed by atoms with Gasteiger partial charge in [0.25, 0.3) is 0 Å². The molecule has 0 aromatic carbocycles. The summed E-state index contributed by atoms with van der Waals surface area (Å²) in [6.07, 6.45) is 31.8. The van der Waals surface area contributed by atoms with Crippen molar-refractivity contribution in [3.63, 3.8) is 0 Å². The fourth-order valence-corrected chi connectivity index (χ4v) is 4.99. The Morgan fingerprint density at radius 1 is 0.387 bits per heavy atom. The SMILES string of the molecule is NCCCCCCCCCCCCCCCCCCCCCCCCCCP(=O)(O)O. The van der Waals surface area contributed by atoms with E-state index in [1.807, 2.05) is 0 Å². The van der Waals surface area contributed by atoms with Gasteiger partial charge in [0.2, 0.25) is 0 Å². The average molecular weight is 462 g/mol. The van der Waals surface area contributed by atoms with Crippen LogP contribution in [0.5, 0.6) is 0 Å². The molecule has 0 fully saturated rings. The standard InChI is InChI=1S/C26H56NO3P/c27-25-23-21-19-17-15-13-11-9-7-5-3-1-2-4-6-8-10-12-14-16-18-20-22-24-26-31(28,29)30/h1-27H2,(H2,28,29,30). The molecule has 4 N–H and O–H groups in total. The molecule has 0 amide bonds. The van der Waals surface area contributed by atoms with Crippen LogP contribution in [-0.4, -0.2) is 22.5 Å². The third kappa shape index (κ3) is 30.1. The van der Waals surface area contributed by atoms with Crippen LogP contribution >= 0.6 is 7.60 Å². The molecule has 188 valence electrons. The van der Waals surface area contributed by atoms with Gasteiger partial charge in [-0.25, -0.2) is 0 Å². The second-order valence-electron chi connectivity index (χ2n) is 9.66. The zero-order valence-electron chi connectivity index (χ0n) is 20.7. The van der Waals surface area contributed by atoms with E-state index in [9.17, 15) is 4.57 Å². The van der Waals surface area contributed by atoms with Crippen LogP contribution in [0.25, 0.3) is 0 Å². The molecule has 5 heteroatoms. The molecule has 0 bridgehead atoms. The van der Waals surface area contributed by atoms with Crippen LogP contribution < -0.4 is 5.73 Å². The van der Waals surface area contributed by atoms with E-state index >= 15 is 0 Å². The lowest BCUT2D eigenvalue weighted by Gasteiger charge is -2.05. The smallest absolute Gasteiger partial charge is 0.325 e. The van der Waals surface area contributed by atoms with E-state index in [1.54, 1.807) is 0 Å². The first-order valence-electron chi connectivity index (χ1n) is 13.8. The first-order chi connectivity index (χ1) is 15.1. The van der Waals surface area contributed by atoms with E-state index in [-0.39, 0.29) is 6.16 Å². The van der Waals surface area contributed by atoms with Crippen molar-refractivity contribution in [3.05, 3.63) is 0 Å². The lowest BCUT2D eigenvalue weighted by molar-refractivity contribution is 0.370. The minimum absolute atomic E-state index is 0.0591. The summed E-state index contributed by atoms with van der Waals surface area (Å²) in [5.74, 6) is 0. The Hall–Kier alpha value is 0.110. The zero-order valence-corrected chi connectivity index (χ0v) is 21.6. The molecule has 0 atom stereocenters. The number of rotatable bonds is 26. The minimum atomic E-state index is -3.77. The van der Waals surface area contributed by atoms with Gasteiger partial charge in [-0.15, -0.1) is 0 Å². The maximum atomic E-state index is 10.8. The summed E-state index contributed by atoms with van der Waals surface area (Å²) in [4.78, 5) is 17.6. The van der Waals surface area contributed by atoms with E-state index in [0.29, 0.717) is 6.42 Å². The van der Waals surface area contributed by atoms with E-state index in [4.69, 9.17) is 15.5 Å². The Morgan fingerprint density at radius 2 is 0.581 bits per heavy atom. The molecule has 0 saturated carbocycles. The van der Waals surface area contributed by atoms with Gasteiger partial charge in [-0.2, -0.15) is 0 Å². The Kier molecular flexibility index (Phi) is 24.8. The highest BCUT2D eigenvalue weighted by Crippen LogP contribution is 2.35. The van der Waals surface area contributed by atoms with Crippen LogP contribution in [0.2, 0.25) is 0 Å². The molecule has 0 aliphatic rings. The number of hydrogen-bond acceptors (Lipinski definition) is 2. The highest BCUT2D eigenvalue weighted by molar-refractivity contribution is 7.51. The van der Waals surface area contributed by atoms with Gasteiger partial charge < -0.3 is 15.5 Å². The molecular formula is C26H56NO3P. The van der Waals surface area contributed by atoms with Crippen molar-refractivity contribution in [3.8, 4) is 0 Å². The predicted octanol–water partition coefficient (Wildman–Crippen LogP) is 8.49. The van der Waals surface area contributed by atoms with E-state index < -0.39 is 7.60 Å². The fraction of sp³-hybridized carbons (Fsp3) is 1.00. The fourth-order valence-electron chi connectivity index (χ4n) is 4.35. The molecule has 0 spiro atoms. The van der Waals surface area contributed by atoms with Gasteiger partial charge in [0.1, 0.15) is 0 Å². The first kappa shape index (κ1) is 31.1. The molecule has 0 rings (SSSR count). The molecule has 4 nitrogen and oxygen atoms in total. The van der Waals surface area contributed by atoms with Gasteiger partial charge in [-0.05, 0) is 19.4 Å². The Morgan fingerprint density at radius 3 is 0.774 bits per heavy atom. The summed E-state index contributed by atoms with van der Waals surface area (Å²) in [6, 6.07) is 0. The molecule has 0 aliphatic heterocycles. The Bertz CT molecular complexity index is 387. The van der Waals surface area contributed by atoms with Crippen LogP contribution in [0.4, 0.5) is 0 Å². The average Bonchev–Trinajstić information content (AvgIpc) is 2.73. The number of unbranched alkanes of at least 4 members (excludes halogenated alkanes) is 23. The second-order valence-corrected chi connectivity index (χ2v) is 11.4. The first-order valence-corrected chi connectivity index (χ1v) is 15.6. The van der Waals surface area contributed by atoms with Gasteiger partial charge in [0.15, 0.2) is 0 Å². The van der Waals surface area contributed by atoms with Crippen LogP contribution in [0.1, 0.15) is 154 Å². The molecule has 31 heavy (non-hydrogen) atoms. The van der Waals surface area contributed by atoms with E-state index in [2.05, 4.69) is 0 Å². The van der Waals surface area contributed by atoms with Crippen molar-refractivity contribution in [2.45, 2.75) is 154 Å².